The lowest BCUT2D eigenvalue weighted by molar-refractivity contribution is -0.123. The highest BCUT2D eigenvalue weighted by atomic mass is 16.2. The predicted molar refractivity (Wildman–Crippen MR) is 81.1 cm³/mol. The fourth-order valence-electron chi connectivity index (χ4n) is 2.19. The molecule has 0 atom stereocenters. The number of hydrogen-bond donors (Lipinski definition) is 2. The summed E-state index contributed by atoms with van der Waals surface area (Å²) in [6, 6.07) is 8.43. The van der Waals surface area contributed by atoms with Crippen molar-refractivity contribution in [1.82, 2.24) is 10.2 Å². The number of amides is 1. The first-order valence-electron chi connectivity index (χ1n) is 7.44. The molecule has 0 heterocycles. The Hall–Kier alpha value is -1.39. The summed E-state index contributed by atoms with van der Waals surface area (Å²) in [5.41, 5.74) is 7.69. The molecule has 0 spiro atoms. The first-order valence-corrected chi connectivity index (χ1v) is 7.44. The van der Waals surface area contributed by atoms with Gasteiger partial charge in [0.1, 0.15) is 0 Å². The van der Waals surface area contributed by atoms with E-state index < -0.39 is 5.54 Å². The highest BCUT2D eigenvalue weighted by molar-refractivity contribution is 5.88. The third-order valence-electron chi connectivity index (χ3n) is 4.02. The normalized spacial score (nSPS) is 16.2. The Bertz CT molecular complexity index is 447. The van der Waals surface area contributed by atoms with Crippen LogP contribution in [0.3, 0.4) is 0 Å². The van der Waals surface area contributed by atoms with Crippen molar-refractivity contribution in [2.75, 3.05) is 13.1 Å². The zero-order chi connectivity index (χ0) is 14.6. The Labute approximate surface area is 121 Å². The molecule has 1 aliphatic carbocycles. The maximum atomic E-state index is 11.7. The van der Waals surface area contributed by atoms with Gasteiger partial charge in [0.05, 0.1) is 5.54 Å². The molecule has 1 amide bonds. The van der Waals surface area contributed by atoms with Crippen molar-refractivity contribution in [3.05, 3.63) is 35.4 Å². The number of hydrogen-bond acceptors (Lipinski definition) is 3. The van der Waals surface area contributed by atoms with Gasteiger partial charge in [0, 0.05) is 13.1 Å². The quantitative estimate of drug-likeness (QED) is 0.795. The monoisotopic (exact) mass is 275 g/mol. The number of rotatable bonds is 7. The molecule has 1 saturated carbocycles. The van der Waals surface area contributed by atoms with Gasteiger partial charge in [-0.05, 0) is 37.1 Å². The maximum absolute atomic E-state index is 11.7. The minimum absolute atomic E-state index is 0.0234. The molecular weight excluding hydrogens is 250 g/mol. The minimum Gasteiger partial charge on any atom is -0.350 e. The molecule has 0 aromatic heterocycles. The molecule has 4 heteroatoms. The van der Waals surface area contributed by atoms with E-state index >= 15 is 0 Å². The largest absolute Gasteiger partial charge is 0.350 e. The number of nitrogens with two attached hydrogens (primary N) is 1. The Morgan fingerprint density at radius 1 is 1.20 bits per heavy atom. The van der Waals surface area contributed by atoms with Gasteiger partial charge in [-0.3, -0.25) is 9.69 Å². The van der Waals surface area contributed by atoms with Crippen LogP contribution in [0.25, 0.3) is 0 Å². The molecule has 1 aromatic carbocycles. The first kappa shape index (κ1) is 15.0. The zero-order valence-corrected chi connectivity index (χ0v) is 12.5. The zero-order valence-electron chi connectivity index (χ0n) is 12.5. The molecule has 0 unspecified atom stereocenters. The van der Waals surface area contributed by atoms with Crippen LogP contribution in [0.4, 0.5) is 0 Å². The molecule has 0 radical (unpaired) electrons. The van der Waals surface area contributed by atoms with E-state index in [1.165, 1.54) is 5.56 Å². The Kier molecular flexibility index (Phi) is 4.78. The number of nitrogens with zero attached hydrogens (tertiary/aromatic N) is 1. The summed E-state index contributed by atoms with van der Waals surface area (Å²) in [6.07, 6.45) is 1.61. The number of carbonyl (C=O) groups excluding carboxylic acids is 1. The SMILES string of the molecule is CCN(CC)Cc1ccc(CNC(=O)C2(N)CC2)cc1. The summed E-state index contributed by atoms with van der Waals surface area (Å²) in [4.78, 5) is 14.1. The van der Waals surface area contributed by atoms with Crippen molar-refractivity contribution in [1.29, 1.82) is 0 Å². The lowest BCUT2D eigenvalue weighted by Gasteiger charge is -2.18. The van der Waals surface area contributed by atoms with Gasteiger partial charge in [-0.1, -0.05) is 38.1 Å². The summed E-state index contributed by atoms with van der Waals surface area (Å²) in [5, 5.41) is 2.91. The standard InChI is InChI=1S/C16H25N3O/c1-3-19(4-2)12-14-7-5-13(6-8-14)11-18-15(20)16(17)9-10-16/h5-8H,3-4,9-12,17H2,1-2H3,(H,18,20). The summed E-state index contributed by atoms with van der Waals surface area (Å²) in [7, 11) is 0. The van der Waals surface area contributed by atoms with Crippen molar-refractivity contribution < 1.29 is 4.79 Å². The second kappa shape index (κ2) is 6.37. The second-order valence-electron chi connectivity index (χ2n) is 5.62. The summed E-state index contributed by atoms with van der Waals surface area (Å²) in [5.74, 6) is -0.0234. The van der Waals surface area contributed by atoms with Gasteiger partial charge < -0.3 is 11.1 Å². The van der Waals surface area contributed by atoms with Crippen LogP contribution in [0.15, 0.2) is 24.3 Å². The van der Waals surface area contributed by atoms with Gasteiger partial charge in [0.25, 0.3) is 0 Å². The van der Waals surface area contributed by atoms with Crippen LogP contribution in [0.2, 0.25) is 0 Å². The van der Waals surface area contributed by atoms with Crippen LogP contribution >= 0.6 is 0 Å². The van der Waals surface area contributed by atoms with E-state index in [1.54, 1.807) is 0 Å². The van der Waals surface area contributed by atoms with Gasteiger partial charge in [0.2, 0.25) is 5.91 Å². The summed E-state index contributed by atoms with van der Waals surface area (Å²) in [6.45, 7) is 8.01. The average Bonchev–Trinajstić information content (AvgIpc) is 3.22. The highest BCUT2D eigenvalue weighted by Gasteiger charge is 2.45. The second-order valence-corrected chi connectivity index (χ2v) is 5.62. The van der Waals surface area contributed by atoms with E-state index in [1.807, 2.05) is 0 Å². The fraction of sp³-hybridized carbons (Fsp3) is 0.562. The maximum Gasteiger partial charge on any atom is 0.240 e. The van der Waals surface area contributed by atoms with Crippen molar-refractivity contribution >= 4 is 5.91 Å². The van der Waals surface area contributed by atoms with E-state index in [0.29, 0.717) is 6.54 Å². The molecule has 0 aliphatic heterocycles. The van der Waals surface area contributed by atoms with Gasteiger partial charge in [0.15, 0.2) is 0 Å². The van der Waals surface area contributed by atoms with E-state index in [0.717, 1.165) is 38.0 Å². The lowest BCUT2D eigenvalue weighted by atomic mass is 10.1. The van der Waals surface area contributed by atoms with Crippen LogP contribution in [0.1, 0.15) is 37.8 Å². The molecule has 4 nitrogen and oxygen atoms in total. The van der Waals surface area contributed by atoms with Crippen LogP contribution < -0.4 is 11.1 Å². The molecule has 1 aromatic rings. The molecule has 20 heavy (non-hydrogen) atoms. The Morgan fingerprint density at radius 2 is 1.75 bits per heavy atom. The van der Waals surface area contributed by atoms with Crippen molar-refractivity contribution in [2.45, 2.75) is 45.3 Å². The van der Waals surface area contributed by atoms with Crippen LogP contribution in [0.5, 0.6) is 0 Å². The average molecular weight is 275 g/mol. The van der Waals surface area contributed by atoms with Crippen molar-refractivity contribution in [3.8, 4) is 0 Å². The van der Waals surface area contributed by atoms with Crippen molar-refractivity contribution in [2.24, 2.45) is 5.73 Å². The molecule has 0 saturated heterocycles. The van der Waals surface area contributed by atoms with Gasteiger partial charge in [-0.25, -0.2) is 0 Å². The smallest absolute Gasteiger partial charge is 0.240 e. The molecule has 1 fully saturated rings. The molecule has 110 valence electrons. The number of nitrogens with one attached hydrogen (secondary N) is 1. The Balaban J connectivity index is 1.83. The van der Waals surface area contributed by atoms with Gasteiger partial charge in [-0.2, -0.15) is 0 Å². The summed E-state index contributed by atoms with van der Waals surface area (Å²) < 4.78 is 0. The van der Waals surface area contributed by atoms with Crippen LogP contribution in [0, 0.1) is 0 Å². The lowest BCUT2D eigenvalue weighted by Crippen LogP contribution is -2.42. The van der Waals surface area contributed by atoms with Gasteiger partial charge in [-0.15, -0.1) is 0 Å². The predicted octanol–water partition coefficient (Wildman–Crippen LogP) is 1.64. The van der Waals surface area contributed by atoms with Crippen LogP contribution in [-0.4, -0.2) is 29.4 Å². The first-order chi connectivity index (χ1) is 9.57. The third kappa shape index (κ3) is 3.81. The Morgan fingerprint density at radius 3 is 2.25 bits per heavy atom. The van der Waals surface area contributed by atoms with Gasteiger partial charge >= 0.3 is 0 Å². The highest BCUT2D eigenvalue weighted by Crippen LogP contribution is 2.32. The molecule has 2 rings (SSSR count). The fourth-order valence-corrected chi connectivity index (χ4v) is 2.19. The number of benzene rings is 1. The minimum atomic E-state index is -0.581. The molecule has 0 bridgehead atoms. The van der Waals surface area contributed by atoms with E-state index in [9.17, 15) is 4.79 Å². The topological polar surface area (TPSA) is 58.4 Å². The third-order valence-corrected chi connectivity index (χ3v) is 4.02. The molecular formula is C16H25N3O. The van der Waals surface area contributed by atoms with E-state index in [2.05, 4.69) is 48.3 Å². The van der Waals surface area contributed by atoms with E-state index in [-0.39, 0.29) is 5.91 Å². The molecule has 3 N–H and O–H groups in total. The summed E-state index contributed by atoms with van der Waals surface area (Å²) >= 11 is 0. The molecule has 1 aliphatic rings. The van der Waals surface area contributed by atoms with E-state index in [4.69, 9.17) is 5.73 Å². The van der Waals surface area contributed by atoms with Crippen LogP contribution in [-0.2, 0) is 17.9 Å². The van der Waals surface area contributed by atoms with Crippen molar-refractivity contribution in [3.63, 3.8) is 0 Å². The number of carbonyl (C=O) groups is 1.